The molecule has 0 aliphatic carbocycles. The zero-order valence-electron chi connectivity index (χ0n) is 18.7. The molecule has 1 aromatic heterocycles. The molecule has 3 saturated heterocycles. The van der Waals surface area contributed by atoms with Crippen molar-refractivity contribution >= 4 is 39.1 Å². The highest BCUT2D eigenvalue weighted by molar-refractivity contribution is 7.19. The van der Waals surface area contributed by atoms with Gasteiger partial charge in [-0.15, -0.1) is 10.2 Å². The largest absolute Gasteiger partial charge is 0.365 e. The van der Waals surface area contributed by atoms with Crippen LogP contribution in [0.2, 0.25) is 0 Å². The van der Waals surface area contributed by atoms with Gasteiger partial charge in [0.05, 0.1) is 0 Å². The number of hydrogen-bond donors (Lipinski definition) is 0. The molecule has 2 atom stereocenters. The molecule has 9 heteroatoms. The molecule has 3 aliphatic heterocycles. The Morgan fingerprint density at radius 3 is 2.66 bits per heavy atom. The number of nitrogens with zero attached hydrogens (tertiary/aromatic N) is 6. The van der Waals surface area contributed by atoms with E-state index in [0.717, 1.165) is 50.6 Å². The quantitative estimate of drug-likeness (QED) is 0.707. The van der Waals surface area contributed by atoms with Crippen molar-refractivity contribution in [3.8, 4) is 0 Å². The normalized spacial score (nSPS) is 24.0. The molecular formula is C23H30N6O2S. The average molecular weight is 455 g/mol. The van der Waals surface area contributed by atoms with Crippen molar-refractivity contribution < 1.29 is 9.59 Å². The van der Waals surface area contributed by atoms with Crippen LogP contribution in [0.5, 0.6) is 0 Å². The van der Waals surface area contributed by atoms with Gasteiger partial charge in [-0.1, -0.05) is 23.5 Å². The van der Waals surface area contributed by atoms with Crippen molar-refractivity contribution in [2.45, 2.75) is 51.6 Å². The summed E-state index contributed by atoms with van der Waals surface area (Å²) < 4.78 is 0. The van der Waals surface area contributed by atoms with Crippen molar-refractivity contribution in [3.63, 3.8) is 0 Å². The van der Waals surface area contributed by atoms with E-state index in [9.17, 15) is 9.59 Å². The van der Waals surface area contributed by atoms with Crippen molar-refractivity contribution in [1.82, 2.24) is 15.1 Å². The van der Waals surface area contributed by atoms with E-state index in [2.05, 4.69) is 58.1 Å². The second-order valence-electron chi connectivity index (χ2n) is 9.03. The molecule has 170 valence electrons. The van der Waals surface area contributed by atoms with E-state index in [1.54, 1.807) is 4.90 Å². The van der Waals surface area contributed by atoms with Gasteiger partial charge >= 0.3 is 0 Å². The lowest BCUT2D eigenvalue weighted by molar-refractivity contribution is -0.133. The number of carbonyl (C=O) groups excluding carboxylic acids is 2. The van der Waals surface area contributed by atoms with Gasteiger partial charge in [-0.3, -0.25) is 14.5 Å². The maximum atomic E-state index is 13.5. The predicted molar refractivity (Wildman–Crippen MR) is 126 cm³/mol. The first-order chi connectivity index (χ1) is 15.5. The van der Waals surface area contributed by atoms with Gasteiger partial charge in [0, 0.05) is 50.9 Å². The highest BCUT2D eigenvalue weighted by atomic mass is 32.1. The maximum Gasteiger partial charge on any atom is 0.245 e. The van der Waals surface area contributed by atoms with Crippen LogP contribution < -0.4 is 14.7 Å². The maximum absolute atomic E-state index is 13.5. The van der Waals surface area contributed by atoms with Gasteiger partial charge in [-0.2, -0.15) is 0 Å². The Bertz CT molecular complexity index is 1010. The van der Waals surface area contributed by atoms with Crippen LogP contribution in [-0.4, -0.2) is 71.7 Å². The van der Waals surface area contributed by atoms with E-state index in [1.807, 2.05) is 4.90 Å². The number of hydrogen-bond acceptors (Lipinski definition) is 7. The summed E-state index contributed by atoms with van der Waals surface area (Å²) in [5.74, 6) is 0.300. The average Bonchev–Trinajstić information content (AvgIpc) is 3.53. The Labute approximate surface area is 192 Å². The SMILES string of the molecule is Cc1cccc(N2CCN(C(=O)[C@H]3CCCN3c3nnc(N4CCCC4=O)s3)C[C@H]2C)c1. The van der Waals surface area contributed by atoms with Crippen LogP contribution in [0.4, 0.5) is 16.0 Å². The number of aryl methyl sites for hydroxylation is 1. The van der Waals surface area contributed by atoms with Crippen molar-refractivity contribution in [2.75, 3.05) is 47.4 Å². The van der Waals surface area contributed by atoms with Gasteiger partial charge in [0.25, 0.3) is 0 Å². The number of piperazine rings is 1. The third-order valence-corrected chi connectivity index (χ3v) is 7.75. The Morgan fingerprint density at radius 1 is 1.06 bits per heavy atom. The summed E-state index contributed by atoms with van der Waals surface area (Å²) in [4.78, 5) is 33.8. The summed E-state index contributed by atoms with van der Waals surface area (Å²) in [5, 5.41) is 10.0. The summed E-state index contributed by atoms with van der Waals surface area (Å²) in [6, 6.07) is 8.64. The third-order valence-electron chi connectivity index (χ3n) is 6.76. The van der Waals surface area contributed by atoms with Crippen LogP contribution in [0.25, 0.3) is 0 Å². The van der Waals surface area contributed by atoms with Crippen LogP contribution in [0.15, 0.2) is 24.3 Å². The fourth-order valence-electron chi connectivity index (χ4n) is 5.09. The Kier molecular flexibility index (Phi) is 5.75. The van der Waals surface area contributed by atoms with Crippen LogP contribution in [0.3, 0.4) is 0 Å². The minimum Gasteiger partial charge on any atom is -0.365 e. The molecule has 2 amide bonds. The molecule has 0 saturated carbocycles. The first-order valence-corrected chi connectivity index (χ1v) is 12.4. The van der Waals surface area contributed by atoms with E-state index >= 15 is 0 Å². The predicted octanol–water partition coefficient (Wildman–Crippen LogP) is 2.68. The number of rotatable bonds is 4. The van der Waals surface area contributed by atoms with Gasteiger partial charge in [-0.05, 0) is 50.8 Å². The summed E-state index contributed by atoms with van der Waals surface area (Å²) in [6.45, 7) is 8.10. The monoisotopic (exact) mass is 454 g/mol. The minimum atomic E-state index is -0.192. The highest BCUT2D eigenvalue weighted by Gasteiger charge is 2.38. The second kappa shape index (κ2) is 8.69. The fourth-order valence-corrected chi connectivity index (χ4v) is 6.06. The smallest absolute Gasteiger partial charge is 0.245 e. The molecule has 3 aliphatic rings. The first-order valence-electron chi connectivity index (χ1n) is 11.5. The molecule has 0 unspecified atom stereocenters. The third kappa shape index (κ3) is 3.94. The fraction of sp³-hybridized carbons (Fsp3) is 0.565. The molecule has 0 spiro atoms. The number of amides is 2. The summed E-state index contributed by atoms with van der Waals surface area (Å²) in [6.07, 6.45) is 3.24. The van der Waals surface area contributed by atoms with Crippen LogP contribution in [0.1, 0.15) is 38.2 Å². The van der Waals surface area contributed by atoms with Gasteiger partial charge in [0.1, 0.15) is 6.04 Å². The lowest BCUT2D eigenvalue weighted by atomic mass is 10.1. The Hall–Kier alpha value is -2.68. The number of aromatic nitrogens is 2. The van der Waals surface area contributed by atoms with Gasteiger partial charge in [0.15, 0.2) is 0 Å². The molecule has 32 heavy (non-hydrogen) atoms. The molecule has 2 aromatic rings. The van der Waals surface area contributed by atoms with E-state index < -0.39 is 0 Å². The topological polar surface area (TPSA) is 72.9 Å². The van der Waals surface area contributed by atoms with Crippen LogP contribution in [0, 0.1) is 6.92 Å². The second-order valence-corrected chi connectivity index (χ2v) is 9.97. The summed E-state index contributed by atoms with van der Waals surface area (Å²) in [5.41, 5.74) is 2.48. The molecule has 0 N–H and O–H groups in total. The van der Waals surface area contributed by atoms with E-state index in [1.165, 1.54) is 22.6 Å². The number of carbonyl (C=O) groups is 2. The molecule has 8 nitrogen and oxygen atoms in total. The summed E-state index contributed by atoms with van der Waals surface area (Å²) in [7, 11) is 0. The van der Waals surface area contributed by atoms with Crippen molar-refractivity contribution in [1.29, 1.82) is 0 Å². The van der Waals surface area contributed by atoms with Crippen molar-refractivity contribution in [2.24, 2.45) is 0 Å². The van der Waals surface area contributed by atoms with Gasteiger partial charge in [0.2, 0.25) is 22.1 Å². The Morgan fingerprint density at radius 2 is 1.91 bits per heavy atom. The van der Waals surface area contributed by atoms with E-state index in [-0.39, 0.29) is 23.9 Å². The minimum absolute atomic E-state index is 0.113. The first kappa shape index (κ1) is 21.2. The molecule has 0 radical (unpaired) electrons. The van der Waals surface area contributed by atoms with Crippen molar-refractivity contribution in [3.05, 3.63) is 29.8 Å². The van der Waals surface area contributed by atoms with Crippen LogP contribution in [-0.2, 0) is 9.59 Å². The zero-order valence-corrected chi connectivity index (χ0v) is 19.6. The lowest BCUT2D eigenvalue weighted by Gasteiger charge is -2.42. The molecule has 5 rings (SSSR count). The van der Waals surface area contributed by atoms with Crippen LogP contribution >= 0.6 is 11.3 Å². The standard InChI is InChI=1S/C23H30N6O2S/c1-16-6-3-7-18(14-16)27-13-12-26(15-17(27)2)21(31)19-8-4-10-28(19)22-24-25-23(32-22)29-11-5-9-20(29)30/h3,6-7,14,17,19H,4-5,8-13,15H2,1-2H3/t17-,19-/m1/s1. The zero-order chi connectivity index (χ0) is 22.2. The molecular weight excluding hydrogens is 424 g/mol. The number of benzene rings is 1. The molecule has 4 heterocycles. The van der Waals surface area contributed by atoms with Gasteiger partial charge in [-0.25, -0.2) is 0 Å². The van der Waals surface area contributed by atoms with Gasteiger partial charge < -0.3 is 14.7 Å². The molecule has 3 fully saturated rings. The highest BCUT2D eigenvalue weighted by Crippen LogP contribution is 2.34. The summed E-state index contributed by atoms with van der Waals surface area (Å²) >= 11 is 1.43. The molecule has 0 bridgehead atoms. The van der Waals surface area contributed by atoms with E-state index in [4.69, 9.17) is 0 Å². The number of anilines is 3. The Balaban J connectivity index is 1.26. The lowest BCUT2D eigenvalue weighted by Crippen LogP contribution is -2.57. The molecule has 1 aromatic carbocycles. The van der Waals surface area contributed by atoms with E-state index in [0.29, 0.717) is 18.1 Å².